The highest BCUT2D eigenvalue weighted by Gasteiger charge is 2.25. The number of hydrogen-bond acceptors (Lipinski definition) is 5. The Morgan fingerprint density at radius 3 is 2.33 bits per heavy atom. The second-order valence-corrected chi connectivity index (χ2v) is 8.67. The Morgan fingerprint density at radius 2 is 1.58 bits per heavy atom. The van der Waals surface area contributed by atoms with E-state index in [-0.39, 0.29) is 24.8 Å². The summed E-state index contributed by atoms with van der Waals surface area (Å²) < 4.78 is 5.32. The van der Waals surface area contributed by atoms with Gasteiger partial charge in [-0.3, -0.25) is 14.4 Å². The summed E-state index contributed by atoms with van der Waals surface area (Å²) in [7, 11) is 0. The highest BCUT2D eigenvalue weighted by atomic mass is 32.2. The maximum Gasteiger partial charge on any atom is 0.308 e. The highest BCUT2D eigenvalue weighted by molar-refractivity contribution is 7.99. The van der Waals surface area contributed by atoms with Crippen LogP contribution in [0.15, 0.2) is 89.8 Å². The fourth-order valence-corrected chi connectivity index (χ4v) is 4.64. The third kappa shape index (κ3) is 5.81. The van der Waals surface area contributed by atoms with Crippen molar-refractivity contribution >= 4 is 35.2 Å². The van der Waals surface area contributed by atoms with E-state index in [1.165, 1.54) is 0 Å². The molecule has 0 aromatic heterocycles. The molecule has 0 saturated heterocycles. The number of thioether (sulfide) groups is 1. The summed E-state index contributed by atoms with van der Waals surface area (Å²) in [6.07, 6.45) is -0.0810. The summed E-state index contributed by atoms with van der Waals surface area (Å²) in [5.41, 5.74) is 2.13. The first-order valence-electron chi connectivity index (χ1n) is 10.7. The number of benzene rings is 3. The first-order chi connectivity index (χ1) is 16.1. The molecule has 1 N–H and O–H groups in total. The Hall–Kier alpha value is -3.58. The van der Waals surface area contributed by atoms with Gasteiger partial charge in [0.2, 0.25) is 0 Å². The van der Waals surface area contributed by atoms with Gasteiger partial charge in [0.05, 0.1) is 18.2 Å². The van der Waals surface area contributed by atoms with Crippen molar-refractivity contribution in [1.82, 2.24) is 5.32 Å². The largest absolute Gasteiger partial charge is 0.455 e. The molecule has 0 bridgehead atoms. The SMILES string of the molecule is O=C(CC(NC(=O)c1ccccc1)c1ccccc1)OCC(=O)N1CCSc2ccccc21. The Kier molecular flexibility index (Phi) is 7.42. The van der Waals surface area contributed by atoms with E-state index in [2.05, 4.69) is 5.32 Å². The van der Waals surface area contributed by atoms with Gasteiger partial charge in [-0.1, -0.05) is 60.7 Å². The number of fused-ring (bicyclic) bond motifs is 1. The van der Waals surface area contributed by atoms with Gasteiger partial charge in [0.15, 0.2) is 6.61 Å². The molecule has 1 atom stereocenters. The molecule has 2 amide bonds. The zero-order valence-corrected chi connectivity index (χ0v) is 18.8. The van der Waals surface area contributed by atoms with Crippen molar-refractivity contribution in [2.45, 2.75) is 17.4 Å². The number of carbonyl (C=O) groups is 3. The van der Waals surface area contributed by atoms with E-state index >= 15 is 0 Å². The van der Waals surface area contributed by atoms with Gasteiger partial charge >= 0.3 is 5.97 Å². The molecule has 0 spiro atoms. The molecule has 0 radical (unpaired) electrons. The van der Waals surface area contributed by atoms with Crippen LogP contribution >= 0.6 is 11.8 Å². The van der Waals surface area contributed by atoms with Crippen LogP contribution in [0.3, 0.4) is 0 Å². The van der Waals surface area contributed by atoms with Gasteiger partial charge in [-0.2, -0.15) is 0 Å². The topological polar surface area (TPSA) is 75.7 Å². The smallest absolute Gasteiger partial charge is 0.308 e. The molecule has 1 unspecified atom stereocenters. The third-order valence-electron chi connectivity index (χ3n) is 5.30. The Labute approximate surface area is 196 Å². The van der Waals surface area contributed by atoms with E-state index in [1.54, 1.807) is 40.9 Å². The molecule has 33 heavy (non-hydrogen) atoms. The Morgan fingerprint density at radius 1 is 0.909 bits per heavy atom. The molecule has 3 aromatic rings. The van der Waals surface area contributed by atoms with Crippen LogP contribution in [0.2, 0.25) is 0 Å². The fourth-order valence-electron chi connectivity index (χ4n) is 3.64. The predicted molar refractivity (Wildman–Crippen MR) is 128 cm³/mol. The average molecular weight is 461 g/mol. The average Bonchev–Trinajstić information content (AvgIpc) is 2.87. The lowest BCUT2D eigenvalue weighted by Crippen LogP contribution is -2.38. The van der Waals surface area contributed by atoms with Crippen LogP contribution in [0.1, 0.15) is 28.4 Å². The molecule has 6 nitrogen and oxygen atoms in total. The van der Waals surface area contributed by atoms with Gasteiger partial charge in [-0.05, 0) is 29.8 Å². The lowest BCUT2D eigenvalue weighted by atomic mass is 10.0. The van der Waals surface area contributed by atoms with Gasteiger partial charge in [-0.15, -0.1) is 11.8 Å². The minimum atomic E-state index is -0.575. The Balaban J connectivity index is 1.39. The van der Waals surface area contributed by atoms with Crippen LogP contribution in [-0.2, 0) is 14.3 Å². The number of nitrogens with zero attached hydrogens (tertiary/aromatic N) is 1. The second kappa shape index (κ2) is 10.8. The van der Waals surface area contributed by atoms with Gasteiger partial charge < -0.3 is 15.0 Å². The van der Waals surface area contributed by atoms with Crippen LogP contribution in [0, 0.1) is 0 Å². The maximum atomic E-state index is 12.8. The van der Waals surface area contributed by atoms with Crippen LogP contribution in [-0.4, -0.2) is 36.7 Å². The van der Waals surface area contributed by atoms with Gasteiger partial charge in [0.25, 0.3) is 11.8 Å². The standard InChI is InChI=1S/C26H24N2O4S/c29-24(28-15-16-33-23-14-8-7-13-22(23)28)18-32-25(30)17-21(19-9-3-1-4-10-19)27-26(31)20-11-5-2-6-12-20/h1-14,21H,15-18H2,(H,27,31). The number of amides is 2. The van der Waals surface area contributed by atoms with Crippen molar-refractivity contribution in [1.29, 1.82) is 0 Å². The molecule has 1 aliphatic heterocycles. The minimum absolute atomic E-state index is 0.0810. The maximum absolute atomic E-state index is 12.8. The molecule has 3 aromatic carbocycles. The van der Waals surface area contributed by atoms with Crippen molar-refractivity contribution in [2.75, 3.05) is 23.8 Å². The molecule has 0 saturated carbocycles. The van der Waals surface area contributed by atoms with E-state index in [0.717, 1.165) is 21.9 Å². The quantitative estimate of drug-likeness (QED) is 0.534. The molecule has 1 heterocycles. The summed E-state index contributed by atoms with van der Waals surface area (Å²) in [5.74, 6) is -0.306. The van der Waals surface area contributed by atoms with Crippen molar-refractivity contribution in [3.8, 4) is 0 Å². The summed E-state index contributed by atoms with van der Waals surface area (Å²) in [6.45, 7) is 0.226. The van der Waals surface area contributed by atoms with Crippen LogP contribution < -0.4 is 10.2 Å². The molecular weight excluding hydrogens is 436 g/mol. The van der Waals surface area contributed by atoms with E-state index in [1.807, 2.05) is 60.7 Å². The number of esters is 1. The van der Waals surface area contributed by atoms with E-state index in [4.69, 9.17) is 4.74 Å². The molecule has 0 aliphatic carbocycles. The monoisotopic (exact) mass is 460 g/mol. The Bertz CT molecular complexity index is 1120. The highest BCUT2D eigenvalue weighted by Crippen LogP contribution is 2.34. The van der Waals surface area contributed by atoms with Crippen LogP contribution in [0.5, 0.6) is 0 Å². The zero-order chi connectivity index (χ0) is 23.0. The number of para-hydroxylation sites is 1. The van der Waals surface area contributed by atoms with Crippen LogP contribution in [0.4, 0.5) is 5.69 Å². The van der Waals surface area contributed by atoms with Crippen molar-refractivity contribution in [2.24, 2.45) is 0 Å². The molecular formula is C26H24N2O4S. The summed E-state index contributed by atoms with van der Waals surface area (Å²) in [5, 5.41) is 2.91. The lowest BCUT2D eigenvalue weighted by Gasteiger charge is -2.28. The molecule has 4 rings (SSSR count). The number of rotatable bonds is 7. The van der Waals surface area contributed by atoms with Crippen molar-refractivity contribution < 1.29 is 19.1 Å². The van der Waals surface area contributed by atoms with Gasteiger partial charge in [-0.25, -0.2) is 0 Å². The molecule has 168 valence electrons. The molecule has 7 heteroatoms. The van der Waals surface area contributed by atoms with Crippen molar-refractivity contribution in [3.63, 3.8) is 0 Å². The first-order valence-corrected chi connectivity index (χ1v) is 11.7. The zero-order valence-electron chi connectivity index (χ0n) is 18.0. The van der Waals surface area contributed by atoms with E-state index in [0.29, 0.717) is 12.1 Å². The number of nitrogens with one attached hydrogen (secondary N) is 1. The van der Waals surface area contributed by atoms with Gasteiger partial charge in [0, 0.05) is 22.8 Å². The van der Waals surface area contributed by atoms with E-state index in [9.17, 15) is 14.4 Å². The number of ether oxygens (including phenoxy) is 1. The number of anilines is 1. The first kappa shape index (κ1) is 22.6. The molecule has 0 fully saturated rings. The number of hydrogen-bond donors (Lipinski definition) is 1. The third-order valence-corrected chi connectivity index (χ3v) is 6.34. The van der Waals surface area contributed by atoms with E-state index < -0.39 is 12.0 Å². The summed E-state index contributed by atoms with van der Waals surface area (Å²) in [4.78, 5) is 40.8. The second-order valence-electron chi connectivity index (χ2n) is 7.53. The van der Waals surface area contributed by atoms with Gasteiger partial charge in [0.1, 0.15) is 0 Å². The number of carbonyl (C=O) groups excluding carboxylic acids is 3. The normalized spacial score (nSPS) is 13.5. The van der Waals surface area contributed by atoms with Crippen molar-refractivity contribution in [3.05, 3.63) is 96.1 Å². The van der Waals surface area contributed by atoms with Crippen LogP contribution in [0.25, 0.3) is 0 Å². The lowest BCUT2D eigenvalue weighted by molar-refractivity contribution is -0.148. The predicted octanol–water partition coefficient (Wildman–Crippen LogP) is 4.23. The molecule has 1 aliphatic rings. The fraction of sp³-hybridized carbons (Fsp3) is 0.192. The summed E-state index contributed by atoms with van der Waals surface area (Å²) in [6, 6.07) is 25.2. The minimum Gasteiger partial charge on any atom is -0.455 e. The summed E-state index contributed by atoms with van der Waals surface area (Å²) >= 11 is 1.70.